The summed E-state index contributed by atoms with van der Waals surface area (Å²) in [6.07, 6.45) is 8.30. The summed E-state index contributed by atoms with van der Waals surface area (Å²) in [6.45, 7) is 17.1. The second kappa shape index (κ2) is 7.00. The molecule has 0 aromatic rings. The van der Waals surface area contributed by atoms with Crippen LogP contribution in [0.5, 0.6) is 0 Å². The number of nitrogens with one attached hydrogen (secondary N) is 1. The lowest BCUT2D eigenvalue weighted by molar-refractivity contribution is 0.100. The van der Waals surface area contributed by atoms with Crippen LogP contribution < -0.4 is 5.32 Å². The predicted molar refractivity (Wildman–Crippen MR) is 92.7 cm³/mol. The van der Waals surface area contributed by atoms with Gasteiger partial charge in [-0.15, -0.1) is 0 Å². The Labute approximate surface area is 133 Å². The fourth-order valence-electron chi connectivity index (χ4n) is 4.45. The van der Waals surface area contributed by atoms with Crippen molar-refractivity contribution in [2.75, 3.05) is 26.2 Å². The number of nitrogens with zero attached hydrogens (tertiary/aromatic N) is 1. The van der Waals surface area contributed by atoms with Crippen molar-refractivity contribution in [3.8, 4) is 0 Å². The van der Waals surface area contributed by atoms with E-state index < -0.39 is 0 Å². The Kier molecular flexibility index (Phi) is 5.76. The van der Waals surface area contributed by atoms with Crippen molar-refractivity contribution in [3.05, 3.63) is 0 Å². The van der Waals surface area contributed by atoms with Crippen LogP contribution in [0.2, 0.25) is 0 Å². The molecular formula is C19H38N2. The summed E-state index contributed by atoms with van der Waals surface area (Å²) in [5, 5.41) is 3.77. The lowest BCUT2D eigenvalue weighted by Crippen LogP contribution is -2.47. The van der Waals surface area contributed by atoms with Gasteiger partial charge in [-0.1, -0.05) is 34.6 Å². The molecule has 1 N–H and O–H groups in total. The highest BCUT2D eigenvalue weighted by Gasteiger charge is 2.35. The van der Waals surface area contributed by atoms with Gasteiger partial charge in [-0.2, -0.15) is 0 Å². The smallest absolute Gasteiger partial charge is 0.0108 e. The van der Waals surface area contributed by atoms with Crippen LogP contribution in [0, 0.1) is 16.7 Å². The molecule has 2 aliphatic rings. The summed E-state index contributed by atoms with van der Waals surface area (Å²) in [5.74, 6) is 0.843. The summed E-state index contributed by atoms with van der Waals surface area (Å²) in [7, 11) is 0. The average molecular weight is 295 g/mol. The molecule has 21 heavy (non-hydrogen) atoms. The van der Waals surface area contributed by atoms with Crippen molar-refractivity contribution in [2.45, 2.75) is 79.2 Å². The molecule has 1 heterocycles. The van der Waals surface area contributed by atoms with Gasteiger partial charge < -0.3 is 10.2 Å². The quantitative estimate of drug-likeness (QED) is 0.831. The molecule has 2 unspecified atom stereocenters. The van der Waals surface area contributed by atoms with E-state index in [0.717, 1.165) is 18.5 Å². The Balaban J connectivity index is 1.94. The van der Waals surface area contributed by atoms with Gasteiger partial charge in [-0.3, -0.25) is 0 Å². The van der Waals surface area contributed by atoms with Crippen LogP contribution in [-0.2, 0) is 0 Å². The molecule has 1 saturated carbocycles. The minimum absolute atomic E-state index is 0.543. The third kappa shape index (κ3) is 5.25. The molecule has 124 valence electrons. The molecule has 0 bridgehead atoms. The average Bonchev–Trinajstić information content (AvgIpc) is 2.54. The molecule has 2 rings (SSSR count). The van der Waals surface area contributed by atoms with E-state index in [1.807, 2.05) is 0 Å². The van der Waals surface area contributed by atoms with Crippen molar-refractivity contribution in [1.82, 2.24) is 10.2 Å². The predicted octanol–water partition coefficient (Wildman–Crippen LogP) is 4.30. The topological polar surface area (TPSA) is 15.3 Å². The number of hydrogen-bond acceptors (Lipinski definition) is 2. The van der Waals surface area contributed by atoms with Crippen LogP contribution in [0.15, 0.2) is 0 Å². The molecule has 1 aliphatic carbocycles. The number of hydrogen-bond donors (Lipinski definition) is 1. The molecule has 0 spiro atoms. The minimum Gasteiger partial charge on any atom is -0.314 e. The van der Waals surface area contributed by atoms with E-state index in [1.165, 1.54) is 58.2 Å². The first-order chi connectivity index (χ1) is 9.81. The van der Waals surface area contributed by atoms with Crippen LogP contribution in [0.1, 0.15) is 73.1 Å². The number of likely N-dealkylation sites (tertiary alicyclic amines) is 1. The molecule has 0 radical (unpaired) electrons. The molecule has 2 atom stereocenters. The zero-order valence-electron chi connectivity index (χ0n) is 15.2. The number of rotatable bonds is 4. The third-order valence-corrected chi connectivity index (χ3v) is 5.91. The van der Waals surface area contributed by atoms with Crippen LogP contribution in [-0.4, -0.2) is 37.1 Å². The van der Waals surface area contributed by atoms with Gasteiger partial charge in [0.25, 0.3) is 0 Å². The zero-order chi connectivity index (χ0) is 15.5. The summed E-state index contributed by atoms with van der Waals surface area (Å²) < 4.78 is 0. The Bertz CT molecular complexity index is 322. The molecule has 2 fully saturated rings. The second-order valence-corrected chi connectivity index (χ2v) is 9.15. The van der Waals surface area contributed by atoms with E-state index in [2.05, 4.69) is 44.8 Å². The zero-order valence-corrected chi connectivity index (χ0v) is 15.2. The Hall–Kier alpha value is -0.0800. The van der Waals surface area contributed by atoms with Gasteiger partial charge >= 0.3 is 0 Å². The first-order valence-electron chi connectivity index (χ1n) is 9.27. The van der Waals surface area contributed by atoms with Crippen LogP contribution in [0.3, 0.4) is 0 Å². The van der Waals surface area contributed by atoms with E-state index >= 15 is 0 Å². The highest BCUT2D eigenvalue weighted by atomic mass is 15.1. The van der Waals surface area contributed by atoms with Gasteiger partial charge in [0.2, 0.25) is 0 Å². The lowest BCUT2D eigenvalue weighted by atomic mass is 9.69. The van der Waals surface area contributed by atoms with E-state index in [-0.39, 0.29) is 0 Å². The van der Waals surface area contributed by atoms with E-state index in [4.69, 9.17) is 0 Å². The molecule has 1 saturated heterocycles. The minimum atomic E-state index is 0.543. The molecule has 2 heteroatoms. The standard InChI is InChI=1S/C19H38N2/c1-6-20-17-8-10-19(4,5)14-16(17)15-21-12-7-9-18(2,3)11-13-21/h16-17,20H,6-15H2,1-5H3. The highest BCUT2D eigenvalue weighted by molar-refractivity contribution is 4.90. The maximum absolute atomic E-state index is 3.77. The summed E-state index contributed by atoms with van der Waals surface area (Å²) in [4.78, 5) is 2.77. The SMILES string of the molecule is CCNC1CCC(C)(C)CC1CN1CCCC(C)(C)CC1. The van der Waals surface area contributed by atoms with Gasteiger partial charge in [0, 0.05) is 12.6 Å². The summed E-state index contributed by atoms with van der Waals surface area (Å²) in [5.41, 5.74) is 1.10. The molecule has 0 amide bonds. The third-order valence-electron chi connectivity index (χ3n) is 5.91. The van der Waals surface area contributed by atoms with Gasteiger partial charge in [0.15, 0.2) is 0 Å². The van der Waals surface area contributed by atoms with E-state index in [9.17, 15) is 0 Å². The first kappa shape index (κ1) is 17.3. The van der Waals surface area contributed by atoms with Gasteiger partial charge in [-0.25, -0.2) is 0 Å². The normalized spacial score (nSPS) is 33.6. The Morgan fingerprint density at radius 3 is 2.48 bits per heavy atom. The fraction of sp³-hybridized carbons (Fsp3) is 1.00. The maximum Gasteiger partial charge on any atom is 0.0108 e. The lowest BCUT2D eigenvalue weighted by Gasteiger charge is -2.43. The highest BCUT2D eigenvalue weighted by Crippen LogP contribution is 2.39. The largest absolute Gasteiger partial charge is 0.314 e. The van der Waals surface area contributed by atoms with Crippen molar-refractivity contribution in [3.63, 3.8) is 0 Å². The molecule has 1 aliphatic heterocycles. The molecule has 2 nitrogen and oxygen atoms in total. The fourth-order valence-corrected chi connectivity index (χ4v) is 4.45. The van der Waals surface area contributed by atoms with Crippen molar-refractivity contribution in [2.24, 2.45) is 16.7 Å². The monoisotopic (exact) mass is 294 g/mol. The van der Waals surface area contributed by atoms with Crippen molar-refractivity contribution < 1.29 is 0 Å². The molecular weight excluding hydrogens is 256 g/mol. The van der Waals surface area contributed by atoms with E-state index in [0.29, 0.717) is 10.8 Å². The van der Waals surface area contributed by atoms with Crippen molar-refractivity contribution >= 4 is 0 Å². The van der Waals surface area contributed by atoms with Gasteiger partial charge in [0.1, 0.15) is 0 Å². The Morgan fingerprint density at radius 2 is 1.76 bits per heavy atom. The Morgan fingerprint density at radius 1 is 1.00 bits per heavy atom. The van der Waals surface area contributed by atoms with Crippen LogP contribution >= 0.6 is 0 Å². The van der Waals surface area contributed by atoms with Gasteiger partial charge in [0.05, 0.1) is 0 Å². The van der Waals surface area contributed by atoms with Gasteiger partial charge in [-0.05, 0) is 74.9 Å². The maximum atomic E-state index is 3.77. The van der Waals surface area contributed by atoms with E-state index in [1.54, 1.807) is 0 Å². The van der Waals surface area contributed by atoms with Crippen LogP contribution in [0.25, 0.3) is 0 Å². The first-order valence-corrected chi connectivity index (χ1v) is 9.27. The summed E-state index contributed by atoms with van der Waals surface area (Å²) >= 11 is 0. The second-order valence-electron chi connectivity index (χ2n) is 9.15. The molecule has 0 aromatic carbocycles. The van der Waals surface area contributed by atoms with Crippen molar-refractivity contribution in [1.29, 1.82) is 0 Å². The van der Waals surface area contributed by atoms with Crippen LogP contribution in [0.4, 0.5) is 0 Å². The summed E-state index contributed by atoms with van der Waals surface area (Å²) in [6, 6.07) is 0.749. The molecule has 0 aromatic heterocycles.